The van der Waals surface area contributed by atoms with Crippen LogP contribution < -0.4 is 49.7 Å². The molecule has 0 aromatic heterocycles. The third kappa shape index (κ3) is 3.00. The summed E-state index contributed by atoms with van der Waals surface area (Å²) in [7, 11) is 0. The van der Waals surface area contributed by atoms with E-state index in [-0.39, 0.29) is 42.9 Å². The Hall–Kier alpha value is -1.000. The Kier molecular flexibility index (Phi) is 4.83. The number of anilines is 1. The van der Waals surface area contributed by atoms with Crippen molar-refractivity contribution in [1.29, 1.82) is 5.26 Å². The van der Waals surface area contributed by atoms with Gasteiger partial charge in [0.05, 0.1) is 0 Å². The summed E-state index contributed by atoms with van der Waals surface area (Å²) in [5.74, 6) is 1.37. The first-order chi connectivity index (χ1) is 7.29. The van der Waals surface area contributed by atoms with Gasteiger partial charge in [-0.25, -0.2) is 0 Å². The molecule has 1 heterocycles. The second-order valence-corrected chi connectivity index (χ2v) is 3.17. The predicted octanol–water partition coefficient (Wildman–Crippen LogP) is -1.70. The summed E-state index contributed by atoms with van der Waals surface area (Å²) < 4.78 is 10.3. The van der Waals surface area contributed by atoms with Crippen LogP contribution in [-0.4, -0.2) is 11.9 Å². The minimum atomic E-state index is 0. The third-order valence-corrected chi connectivity index (χ3v) is 2.00. The molecule has 1 aliphatic heterocycles. The number of rotatable bonds is 1. The predicted molar refractivity (Wildman–Crippen MR) is 58.6 cm³/mol. The van der Waals surface area contributed by atoms with Gasteiger partial charge in [-0.2, -0.15) is 5.26 Å². The zero-order valence-electron chi connectivity index (χ0n) is 9.61. The quantitative estimate of drug-likeness (QED) is 0.266. The Morgan fingerprint density at radius 3 is 2.94 bits per heavy atom. The molecular formula is C9H8N3NaO2S. The molecule has 1 aromatic carbocycles. The first-order valence-corrected chi connectivity index (χ1v) is 4.56. The Labute approximate surface area is 121 Å². The van der Waals surface area contributed by atoms with E-state index >= 15 is 0 Å². The van der Waals surface area contributed by atoms with Crippen LogP contribution in [0.4, 0.5) is 5.69 Å². The van der Waals surface area contributed by atoms with E-state index in [1.54, 1.807) is 24.4 Å². The minimum absolute atomic E-state index is 0. The number of hydrogen-bond acceptors (Lipinski definition) is 4. The molecule has 0 unspecified atom stereocenters. The molecule has 0 aliphatic carbocycles. The number of thiocarbonyl (C=S) groups is 1. The summed E-state index contributed by atoms with van der Waals surface area (Å²) >= 11 is 4.85. The third-order valence-electron chi connectivity index (χ3n) is 1.80. The molecule has 0 bridgehead atoms. The number of benzene rings is 1. The van der Waals surface area contributed by atoms with Gasteiger partial charge in [-0.05, 0) is 24.4 Å². The van der Waals surface area contributed by atoms with Crippen molar-refractivity contribution in [3.63, 3.8) is 0 Å². The summed E-state index contributed by atoms with van der Waals surface area (Å²) in [6.07, 6.45) is 1.73. The minimum Gasteiger partial charge on any atom is -1.00 e. The molecule has 0 amide bonds. The maximum Gasteiger partial charge on any atom is 1.00 e. The topological polar surface area (TPSA) is 66.3 Å². The van der Waals surface area contributed by atoms with Crippen LogP contribution in [0.5, 0.6) is 11.5 Å². The standard InChI is InChI=1S/C9H7N3O2S.Na.H/c10-4-11-9(15)12-6-1-2-7-8(3-6)14-5-13-7;;/h1-3H,5H2,(H2,11,12,15);;/q;+1;-1. The van der Waals surface area contributed by atoms with Crippen LogP contribution in [0.15, 0.2) is 18.2 Å². The van der Waals surface area contributed by atoms with E-state index in [0.29, 0.717) is 11.5 Å². The molecule has 5 nitrogen and oxygen atoms in total. The molecule has 7 heteroatoms. The maximum absolute atomic E-state index is 8.34. The average molecular weight is 245 g/mol. The van der Waals surface area contributed by atoms with Crippen molar-refractivity contribution in [1.82, 2.24) is 5.32 Å². The molecule has 2 N–H and O–H groups in total. The second-order valence-electron chi connectivity index (χ2n) is 2.76. The van der Waals surface area contributed by atoms with Gasteiger partial charge in [0.2, 0.25) is 6.79 Å². The first kappa shape index (κ1) is 13.1. The van der Waals surface area contributed by atoms with Gasteiger partial charge in [-0.15, -0.1) is 0 Å². The number of nitriles is 1. The van der Waals surface area contributed by atoms with Gasteiger partial charge in [0, 0.05) is 11.8 Å². The van der Waals surface area contributed by atoms with Crippen LogP contribution in [0.25, 0.3) is 0 Å². The van der Waals surface area contributed by atoms with Gasteiger partial charge >= 0.3 is 29.6 Å². The smallest absolute Gasteiger partial charge is 1.00 e. The number of nitrogens with one attached hydrogen (secondary N) is 2. The van der Waals surface area contributed by atoms with Crippen molar-refractivity contribution in [2.45, 2.75) is 0 Å². The number of fused-ring (bicyclic) bond motifs is 1. The Morgan fingerprint density at radius 2 is 2.19 bits per heavy atom. The van der Waals surface area contributed by atoms with Gasteiger partial charge in [-0.3, -0.25) is 5.32 Å². The first-order valence-electron chi connectivity index (χ1n) is 4.15. The Morgan fingerprint density at radius 1 is 1.44 bits per heavy atom. The molecular weight excluding hydrogens is 237 g/mol. The Balaban J connectivity index is 0.00000128. The normalized spacial score (nSPS) is 10.9. The van der Waals surface area contributed by atoms with Gasteiger partial charge in [0.25, 0.3) is 0 Å². The van der Waals surface area contributed by atoms with E-state index in [9.17, 15) is 0 Å². The molecule has 16 heavy (non-hydrogen) atoms. The van der Waals surface area contributed by atoms with Gasteiger partial charge in [0.15, 0.2) is 22.8 Å². The fraction of sp³-hybridized carbons (Fsp3) is 0.111. The fourth-order valence-electron chi connectivity index (χ4n) is 1.19. The van der Waals surface area contributed by atoms with Crippen LogP contribution >= 0.6 is 12.2 Å². The summed E-state index contributed by atoms with van der Waals surface area (Å²) in [5, 5.41) is 13.7. The van der Waals surface area contributed by atoms with Crippen LogP contribution in [0.1, 0.15) is 1.43 Å². The molecule has 0 saturated carbocycles. The summed E-state index contributed by atoms with van der Waals surface area (Å²) in [6, 6.07) is 5.33. The van der Waals surface area contributed by atoms with Gasteiger partial charge in [0.1, 0.15) is 0 Å². The molecule has 0 saturated heterocycles. The van der Waals surface area contributed by atoms with Crippen molar-refractivity contribution in [2.24, 2.45) is 0 Å². The molecule has 78 valence electrons. The molecule has 0 spiro atoms. The van der Waals surface area contributed by atoms with E-state index < -0.39 is 0 Å². The molecule has 1 aromatic rings. The number of ether oxygens (including phenoxy) is 2. The van der Waals surface area contributed by atoms with Crippen molar-refractivity contribution in [3.05, 3.63) is 18.2 Å². The van der Waals surface area contributed by atoms with Crippen LogP contribution in [0, 0.1) is 11.5 Å². The largest absolute Gasteiger partial charge is 1.00 e. The average Bonchev–Trinajstić information content (AvgIpc) is 2.65. The van der Waals surface area contributed by atoms with Crippen molar-refractivity contribution < 1.29 is 40.5 Å². The van der Waals surface area contributed by atoms with E-state index in [1.807, 2.05) is 0 Å². The number of nitrogens with zero attached hydrogens (tertiary/aromatic N) is 1. The van der Waals surface area contributed by atoms with E-state index in [2.05, 4.69) is 10.6 Å². The molecule has 1 aliphatic rings. The fourth-order valence-corrected chi connectivity index (χ4v) is 1.35. The zero-order valence-corrected chi connectivity index (χ0v) is 11.4. The second kappa shape index (κ2) is 5.92. The van der Waals surface area contributed by atoms with Crippen molar-refractivity contribution in [2.75, 3.05) is 12.1 Å². The SMILES string of the molecule is N#CNC(=S)Nc1ccc2c(c1)OCO2.[H-].[Na+]. The molecule has 2 rings (SSSR count). The van der Waals surface area contributed by atoms with Crippen LogP contribution in [-0.2, 0) is 0 Å². The molecule has 0 radical (unpaired) electrons. The van der Waals surface area contributed by atoms with Gasteiger partial charge in [-0.1, -0.05) is 0 Å². The van der Waals surface area contributed by atoms with Crippen molar-refractivity contribution in [3.8, 4) is 17.7 Å². The molecule has 0 atom stereocenters. The molecule has 0 fully saturated rings. The van der Waals surface area contributed by atoms with Gasteiger partial charge < -0.3 is 16.2 Å². The van der Waals surface area contributed by atoms with E-state index in [1.165, 1.54) is 0 Å². The van der Waals surface area contributed by atoms with Crippen molar-refractivity contribution >= 4 is 23.0 Å². The summed E-state index contributed by atoms with van der Waals surface area (Å²) in [6.45, 7) is 0.236. The summed E-state index contributed by atoms with van der Waals surface area (Å²) in [4.78, 5) is 0. The van der Waals surface area contributed by atoms with E-state index in [0.717, 1.165) is 5.69 Å². The monoisotopic (exact) mass is 245 g/mol. The van der Waals surface area contributed by atoms with Crippen LogP contribution in [0.3, 0.4) is 0 Å². The van der Waals surface area contributed by atoms with E-state index in [4.69, 9.17) is 27.0 Å². The maximum atomic E-state index is 8.34. The van der Waals surface area contributed by atoms with Crippen LogP contribution in [0.2, 0.25) is 0 Å². The number of hydrogen-bond donors (Lipinski definition) is 2. The Bertz CT molecular complexity index is 452. The summed E-state index contributed by atoms with van der Waals surface area (Å²) in [5.41, 5.74) is 0.743. The zero-order chi connectivity index (χ0) is 10.7.